The van der Waals surface area contributed by atoms with E-state index in [9.17, 15) is 4.79 Å². The first-order chi connectivity index (χ1) is 11.7. The molecule has 0 radical (unpaired) electrons. The Hall–Kier alpha value is -2.49. The molecule has 1 saturated heterocycles. The summed E-state index contributed by atoms with van der Waals surface area (Å²) in [7, 11) is 0. The van der Waals surface area contributed by atoms with Crippen LogP contribution in [0.4, 0.5) is 10.5 Å². The molecule has 2 amide bonds. The van der Waals surface area contributed by atoms with Crippen molar-refractivity contribution in [1.29, 1.82) is 0 Å². The lowest BCUT2D eigenvalue weighted by molar-refractivity contribution is 0.239. The highest BCUT2D eigenvalue weighted by Gasteiger charge is 2.22. The number of anilines is 1. The van der Waals surface area contributed by atoms with E-state index in [1.54, 1.807) is 0 Å². The number of amides is 2. The first-order valence-electron chi connectivity index (χ1n) is 8.58. The lowest BCUT2D eigenvalue weighted by Crippen LogP contribution is -2.38. The average Bonchev–Trinajstić information content (AvgIpc) is 3.09. The van der Waals surface area contributed by atoms with Gasteiger partial charge in [-0.1, -0.05) is 48.0 Å². The highest BCUT2D eigenvalue weighted by molar-refractivity contribution is 5.73. The molecule has 0 aromatic heterocycles. The van der Waals surface area contributed by atoms with Crippen LogP contribution in [-0.2, 0) is 6.54 Å². The summed E-state index contributed by atoms with van der Waals surface area (Å²) in [6.45, 7) is 5.45. The van der Waals surface area contributed by atoms with Crippen LogP contribution in [0.3, 0.4) is 0 Å². The second-order valence-electron chi connectivity index (χ2n) is 6.49. The van der Waals surface area contributed by atoms with E-state index in [4.69, 9.17) is 0 Å². The van der Waals surface area contributed by atoms with E-state index >= 15 is 0 Å². The number of benzene rings is 2. The molecule has 0 spiro atoms. The molecule has 4 heteroatoms. The average molecular weight is 323 g/mol. The van der Waals surface area contributed by atoms with Gasteiger partial charge in [0.1, 0.15) is 0 Å². The number of hydrogen-bond donors (Lipinski definition) is 2. The zero-order valence-corrected chi connectivity index (χ0v) is 14.2. The predicted octanol–water partition coefficient (Wildman–Crippen LogP) is 3.32. The topological polar surface area (TPSA) is 44.4 Å². The van der Waals surface area contributed by atoms with E-state index in [1.165, 1.54) is 11.3 Å². The fourth-order valence-corrected chi connectivity index (χ4v) is 3.07. The minimum Gasteiger partial charge on any atom is -0.371 e. The summed E-state index contributed by atoms with van der Waals surface area (Å²) in [6, 6.07) is 18.5. The lowest BCUT2D eigenvalue weighted by Gasteiger charge is -2.19. The minimum absolute atomic E-state index is 0.0901. The Balaban J connectivity index is 1.39. The molecule has 1 aliphatic heterocycles. The molecule has 1 fully saturated rings. The standard InChI is InChI=1S/C20H25N3O/c1-16-7-9-19(10-8-16)23-12-11-18(15-23)14-22-20(24)21-13-17-5-3-2-4-6-17/h2-10,18H,11-15H2,1H3,(H2,21,22,24). The highest BCUT2D eigenvalue weighted by atomic mass is 16.2. The van der Waals surface area contributed by atoms with Gasteiger partial charge in [0.05, 0.1) is 0 Å². The highest BCUT2D eigenvalue weighted by Crippen LogP contribution is 2.23. The second-order valence-corrected chi connectivity index (χ2v) is 6.49. The van der Waals surface area contributed by atoms with Crippen LogP contribution in [0.5, 0.6) is 0 Å². The summed E-state index contributed by atoms with van der Waals surface area (Å²) in [6.07, 6.45) is 1.12. The van der Waals surface area contributed by atoms with E-state index in [1.807, 2.05) is 30.3 Å². The molecule has 1 unspecified atom stereocenters. The van der Waals surface area contributed by atoms with Crippen molar-refractivity contribution < 1.29 is 4.79 Å². The van der Waals surface area contributed by atoms with Crippen molar-refractivity contribution in [3.8, 4) is 0 Å². The zero-order valence-electron chi connectivity index (χ0n) is 14.2. The molecule has 0 aliphatic carbocycles. The van der Waals surface area contributed by atoms with Crippen LogP contribution in [0.25, 0.3) is 0 Å². The van der Waals surface area contributed by atoms with Crippen molar-refractivity contribution in [2.24, 2.45) is 5.92 Å². The van der Waals surface area contributed by atoms with Crippen LogP contribution < -0.4 is 15.5 Å². The summed E-state index contributed by atoms with van der Waals surface area (Å²) in [5, 5.41) is 5.91. The fourth-order valence-electron chi connectivity index (χ4n) is 3.07. The summed E-state index contributed by atoms with van der Waals surface area (Å²) in [4.78, 5) is 14.3. The van der Waals surface area contributed by atoms with Crippen molar-refractivity contribution in [3.05, 3.63) is 65.7 Å². The Morgan fingerprint density at radius 1 is 1.08 bits per heavy atom. The van der Waals surface area contributed by atoms with Crippen molar-refractivity contribution in [2.75, 3.05) is 24.5 Å². The maximum absolute atomic E-state index is 11.9. The minimum atomic E-state index is -0.0901. The number of nitrogens with one attached hydrogen (secondary N) is 2. The van der Waals surface area contributed by atoms with Gasteiger partial charge in [-0.25, -0.2) is 4.79 Å². The third-order valence-electron chi connectivity index (χ3n) is 4.53. The molecule has 1 aliphatic rings. The van der Waals surface area contributed by atoms with Gasteiger partial charge in [-0.05, 0) is 37.0 Å². The van der Waals surface area contributed by atoms with Crippen molar-refractivity contribution in [1.82, 2.24) is 10.6 Å². The molecule has 3 rings (SSSR count). The largest absolute Gasteiger partial charge is 0.371 e. The lowest BCUT2D eigenvalue weighted by atomic mass is 10.1. The van der Waals surface area contributed by atoms with Gasteiger partial charge in [-0.15, -0.1) is 0 Å². The molecule has 126 valence electrons. The van der Waals surface area contributed by atoms with E-state index < -0.39 is 0 Å². The number of hydrogen-bond acceptors (Lipinski definition) is 2. The number of nitrogens with zero attached hydrogens (tertiary/aromatic N) is 1. The van der Waals surface area contributed by atoms with Crippen LogP contribution in [-0.4, -0.2) is 25.7 Å². The molecule has 24 heavy (non-hydrogen) atoms. The first kappa shape index (κ1) is 16.4. The molecule has 0 bridgehead atoms. The quantitative estimate of drug-likeness (QED) is 0.886. The molecule has 2 N–H and O–H groups in total. The molecule has 2 aromatic rings. The fraction of sp³-hybridized carbons (Fsp3) is 0.350. The van der Waals surface area contributed by atoms with Crippen LogP contribution in [0, 0.1) is 12.8 Å². The number of urea groups is 1. The maximum atomic E-state index is 11.9. The SMILES string of the molecule is Cc1ccc(N2CCC(CNC(=O)NCc3ccccc3)C2)cc1. The summed E-state index contributed by atoms with van der Waals surface area (Å²) < 4.78 is 0. The Bertz CT molecular complexity index is 654. The van der Waals surface area contributed by atoms with Crippen molar-refractivity contribution in [2.45, 2.75) is 19.9 Å². The molecule has 2 aromatic carbocycles. The Morgan fingerprint density at radius 2 is 1.83 bits per heavy atom. The smallest absolute Gasteiger partial charge is 0.315 e. The van der Waals surface area contributed by atoms with Gasteiger partial charge < -0.3 is 15.5 Å². The summed E-state index contributed by atoms with van der Waals surface area (Å²) >= 11 is 0. The number of carbonyl (C=O) groups is 1. The normalized spacial score (nSPS) is 16.9. The summed E-state index contributed by atoms with van der Waals surface area (Å²) in [5.41, 5.74) is 3.67. The predicted molar refractivity (Wildman–Crippen MR) is 98.2 cm³/mol. The van der Waals surface area contributed by atoms with Gasteiger partial charge in [-0.2, -0.15) is 0 Å². The second kappa shape index (κ2) is 7.86. The molecule has 1 heterocycles. The van der Waals surface area contributed by atoms with Crippen LogP contribution in [0.1, 0.15) is 17.5 Å². The molecule has 1 atom stereocenters. The monoisotopic (exact) mass is 323 g/mol. The first-order valence-corrected chi connectivity index (χ1v) is 8.58. The van der Waals surface area contributed by atoms with Crippen molar-refractivity contribution >= 4 is 11.7 Å². The molecule has 0 saturated carbocycles. The van der Waals surface area contributed by atoms with Crippen molar-refractivity contribution in [3.63, 3.8) is 0 Å². The Morgan fingerprint density at radius 3 is 2.58 bits per heavy atom. The molecular formula is C20H25N3O. The zero-order chi connectivity index (χ0) is 16.8. The van der Waals surface area contributed by atoms with Gasteiger partial charge in [0.25, 0.3) is 0 Å². The molecule has 4 nitrogen and oxygen atoms in total. The number of carbonyl (C=O) groups excluding carboxylic acids is 1. The number of rotatable bonds is 5. The van der Waals surface area contributed by atoms with Gasteiger partial charge in [0, 0.05) is 31.9 Å². The van der Waals surface area contributed by atoms with Gasteiger partial charge >= 0.3 is 6.03 Å². The Kier molecular flexibility index (Phi) is 5.36. The summed E-state index contributed by atoms with van der Waals surface area (Å²) in [5.74, 6) is 0.508. The third kappa shape index (κ3) is 4.51. The van der Waals surface area contributed by atoms with E-state index in [0.29, 0.717) is 12.5 Å². The molecular weight excluding hydrogens is 298 g/mol. The van der Waals surface area contributed by atoms with Gasteiger partial charge in [0.2, 0.25) is 0 Å². The van der Waals surface area contributed by atoms with Crippen LogP contribution in [0.2, 0.25) is 0 Å². The van der Waals surface area contributed by atoms with Crippen LogP contribution >= 0.6 is 0 Å². The van der Waals surface area contributed by atoms with Gasteiger partial charge in [-0.3, -0.25) is 0 Å². The van der Waals surface area contributed by atoms with E-state index in [0.717, 1.165) is 31.6 Å². The van der Waals surface area contributed by atoms with E-state index in [2.05, 4.69) is 46.7 Å². The number of aryl methyl sites for hydroxylation is 1. The third-order valence-corrected chi connectivity index (χ3v) is 4.53. The van der Waals surface area contributed by atoms with E-state index in [-0.39, 0.29) is 6.03 Å². The maximum Gasteiger partial charge on any atom is 0.315 e. The van der Waals surface area contributed by atoms with Crippen LogP contribution in [0.15, 0.2) is 54.6 Å². The van der Waals surface area contributed by atoms with Gasteiger partial charge in [0.15, 0.2) is 0 Å². The Labute approximate surface area is 143 Å².